The fourth-order valence-corrected chi connectivity index (χ4v) is 1.82. The molecule has 0 aliphatic carbocycles. The fourth-order valence-electron chi connectivity index (χ4n) is 1.54. The van der Waals surface area contributed by atoms with E-state index in [0.717, 1.165) is 25.1 Å². The number of nitrogens with zero attached hydrogens (tertiary/aromatic N) is 1. The predicted molar refractivity (Wildman–Crippen MR) is 66.0 cm³/mol. The highest BCUT2D eigenvalue weighted by Gasteiger charge is 2.04. The molecular weight excluding hydrogens is 226 g/mol. The fraction of sp³-hybridized carbons (Fsp3) is 0.500. The maximum Gasteiger partial charge on any atom is 0.137 e. The standard InChI is InChI=1S/C12H18ClNO2/c1-14(6-3-7-15)9-10-4-5-12(16-2)11(13)8-10/h4-5,8,15H,3,6-7,9H2,1-2H3. The van der Waals surface area contributed by atoms with Gasteiger partial charge in [-0.2, -0.15) is 0 Å². The third kappa shape index (κ3) is 4.00. The zero-order chi connectivity index (χ0) is 12.0. The second-order valence-corrected chi connectivity index (χ2v) is 4.19. The third-order valence-electron chi connectivity index (χ3n) is 2.37. The lowest BCUT2D eigenvalue weighted by atomic mass is 10.2. The summed E-state index contributed by atoms with van der Waals surface area (Å²) in [5.41, 5.74) is 1.14. The third-order valence-corrected chi connectivity index (χ3v) is 2.66. The number of rotatable bonds is 6. The Morgan fingerprint density at radius 2 is 2.19 bits per heavy atom. The molecule has 0 aliphatic heterocycles. The molecule has 0 spiro atoms. The van der Waals surface area contributed by atoms with E-state index in [0.29, 0.717) is 10.8 Å². The van der Waals surface area contributed by atoms with Crippen LogP contribution in [0.4, 0.5) is 0 Å². The molecule has 0 heterocycles. The summed E-state index contributed by atoms with van der Waals surface area (Å²) in [4.78, 5) is 2.15. The minimum atomic E-state index is 0.230. The minimum Gasteiger partial charge on any atom is -0.495 e. The van der Waals surface area contributed by atoms with E-state index >= 15 is 0 Å². The molecule has 0 aliphatic rings. The molecule has 1 N–H and O–H groups in total. The van der Waals surface area contributed by atoms with Gasteiger partial charge in [-0.15, -0.1) is 0 Å². The van der Waals surface area contributed by atoms with Crippen molar-refractivity contribution in [3.05, 3.63) is 28.8 Å². The van der Waals surface area contributed by atoms with Crippen LogP contribution in [0.15, 0.2) is 18.2 Å². The highest BCUT2D eigenvalue weighted by Crippen LogP contribution is 2.25. The van der Waals surface area contributed by atoms with Crippen molar-refractivity contribution in [1.29, 1.82) is 0 Å². The van der Waals surface area contributed by atoms with Gasteiger partial charge in [0.05, 0.1) is 12.1 Å². The van der Waals surface area contributed by atoms with Gasteiger partial charge in [0.1, 0.15) is 5.75 Å². The van der Waals surface area contributed by atoms with Crippen LogP contribution in [0.1, 0.15) is 12.0 Å². The number of aliphatic hydroxyl groups is 1. The molecule has 0 aromatic heterocycles. The summed E-state index contributed by atoms with van der Waals surface area (Å²) in [6, 6.07) is 5.79. The van der Waals surface area contributed by atoms with Crippen LogP contribution in [0.3, 0.4) is 0 Å². The van der Waals surface area contributed by atoms with Crippen LogP contribution >= 0.6 is 11.6 Å². The van der Waals surface area contributed by atoms with Crippen molar-refractivity contribution in [3.8, 4) is 5.75 Å². The van der Waals surface area contributed by atoms with E-state index in [1.54, 1.807) is 7.11 Å². The Morgan fingerprint density at radius 3 is 2.75 bits per heavy atom. The maximum absolute atomic E-state index is 8.73. The van der Waals surface area contributed by atoms with E-state index in [-0.39, 0.29) is 6.61 Å². The zero-order valence-electron chi connectivity index (χ0n) is 9.74. The molecule has 4 heteroatoms. The van der Waals surface area contributed by atoms with Crippen LogP contribution in [0.5, 0.6) is 5.75 Å². The summed E-state index contributed by atoms with van der Waals surface area (Å²) in [5, 5.41) is 9.36. The van der Waals surface area contributed by atoms with Gasteiger partial charge in [0, 0.05) is 19.7 Å². The van der Waals surface area contributed by atoms with E-state index in [1.165, 1.54) is 0 Å². The lowest BCUT2D eigenvalue weighted by Gasteiger charge is -2.16. The topological polar surface area (TPSA) is 32.7 Å². The van der Waals surface area contributed by atoms with Gasteiger partial charge in [-0.3, -0.25) is 0 Å². The average Bonchev–Trinajstić information content (AvgIpc) is 2.26. The molecule has 0 unspecified atom stereocenters. The highest BCUT2D eigenvalue weighted by molar-refractivity contribution is 6.32. The molecule has 0 amide bonds. The maximum atomic E-state index is 8.73. The van der Waals surface area contributed by atoms with E-state index in [2.05, 4.69) is 4.90 Å². The van der Waals surface area contributed by atoms with Gasteiger partial charge in [-0.25, -0.2) is 0 Å². The number of halogens is 1. The Bertz CT molecular complexity index is 331. The summed E-state index contributed by atoms with van der Waals surface area (Å²) in [5.74, 6) is 0.698. The van der Waals surface area contributed by atoms with Crippen molar-refractivity contribution in [3.63, 3.8) is 0 Å². The van der Waals surface area contributed by atoms with Crippen LogP contribution in [-0.4, -0.2) is 37.3 Å². The Kier molecular flexibility index (Phi) is 5.60. The van der Waals surface area contributed by atoms with E-state index in [9.17, 15) is 0 Å². The molecule has 3 nitrogen and oxygen atoms in total. The number of aliphatic hydroxyl groups excluding tert-OH is 1. The molecule has 0 atom stereocenters. The second kappa shape index (κ2) is 6.74. The number of ether oxygens (including phenoxy) is 1. The lowest BCUT2D eigenvalue weighted by molar-refractivity contribution is 0.244. The van der Waals surface area contributed by atoms with Crippen molar-refractivity contribution >= 4 is 11.6 Å². The predicted octanol–water partition coefficient (Wildman–Crippen LogP) is 2.16. The van der Waals surface area contributed by atoms with Gasteiger partial charge in [-0.1, -0.05) is 17.7 Å². The number of hydrogen-bond donors (Lipinski definition) is 1. The Morgan fingerprint density at radius 1 is 1.44 bits per heavy atom. The molecule has 1 aromatic carbocycles. The quantitative estimate of drug-likeness (QED) is 0.831. The van der Waals surface area contributed by atoms with Crippen LogP contribution in [-0.2, 0) is 6.54 Å². The van der Waals surface area contributed by atoms with Crippen molar-refractivity contribution in [2.24, 2.45) is 0 Å². The normalized spacial score (nSPS) is 10.8. The summed E-state index contributed by atoms with van der Waals surface area (Å²) < 4.78 is 5.09. The summed E-state index contributed by atoms with van der Waals surface area (Å²) in [7, 11) is 3.63. The first-order chi connectivity index (χ1) is 7.67. The van der Waals surface area contributed by atoms with Crippen LogP contribution in [0.25, 0.3) is 0 Å². The highest BCUT2D eigenvalue weighted by atomic mass is 35.5. The molecule has 1 rings (SSSR count). The first kappa shape index (κ1) is 13.3. The van der Waals surface area contributed by atoms with Crippen molar-refractivity contribution < 1.29 is 9.84 Å². The van der Waals surface area contributed by atoms with Crippen molar-refractivity contribution in [2.45, 2.75) is 13.0 Å². The Balaban J connectivity index is 2.57. The summed E-state index contributed by atoms with van der Waals surface area (Å²) in [6.45, 7) is 1.93. The Labute approximate surface area is 102 Å². The minimum absolute atomic E-state index is 0.230. The lowest BCUT2D eigenvalue weighted by Crippen LogP contribution is -2.19. The smallest absolute Gasteiger partial charge is 0.137 e. The van der Waals surface area contributed by atoms with Gasteiger partial charge in [0.15, 0.2) is 0 Å². The zero-order valence-corrected chi connectivity index (χ0v) is 10.5. The number of benzene rings is 1. The van der Waals surface area contributed by atoms with Gasteiger partial charge in [0.25, 0.3) is 0 Å². The summed E-state index contributed by atoms with van der Waals surface area (Å²) in [6.07, 6.45) is 0.792. The van der Waals surface area contributed by atoms with E-state index in [1.807, 2.05) is 25.2 Å². The summed E-state index contributed by atoms with van der Waals surface area (Å²) >= 11 is 6.03. The first-order valence-corrected chi connectivity index (χ1v) is 5.67. The second-order valence-electron chi connectivity index (χ2n) is 3.78. The van der Waals surface area contributed by atoms with Crippen LogP contribution in [0, 0.1) is 0 Å². The monoisotopic (exact) mass is 243 g/mol. The molecule has 16 heavy (non-hydrogen) atoms. The molecule has 0 saturated heterocycles. The largest absolute Gasteiger partial charge is 0.495 e. The van der Waals surface area contributed by atoms with Crippen LogP contribution in [0.2, 0.25) is 5.02 Å². The molecule has 90 valence electrons. The van der Waals surface area contributed by atoms with Crippen molar-refractivity contribution in [2.75, 3.05) is 27.3 Å². The Hall–Kier alpha value is -0.770. The molecule has 0 bridgehead atoms. The van der Waals surface area contributed by atoms with E-state index in [4.69, 9.17) is 21.4 Å². The van der Waals surface area contributed by atoms with Gasteiger partial charge in [-0.05, 0) is 31.2 Å². The molecule has 0 radical (unpaired) electrons. The van der Waals surface area contributed by atoms with Crippen LogP contribution < -0.4 is 4.74 Å². The number of methoxy groups -OCH3 is 1. The molecule has 0 saturated carbocycles. The SMILES string of the molecule is COc1ccc(CN(C)CCCO)cc1Cl. The number of hydrogen-bond acceptors (Lipinski definition) is 3. The van der Waals surface area contributed by atoms with Gasteiger partial charge < -0.3 is 14.7 Å². The molecular formula is C12H18ClNO2. The molecule has 1 aromatic rings. The first-order valence-electron chi connectivity index (χ1n) is 5.29. The van der Waals surface area contributed by atoms with E-state index < -0.39 is 0 Å². The van der Waals surface area contributed by atoms with Gasteiger partial charge in [0.2, 0.25) is 0 Å². The van der Waals surface area contributed by atoms with Gasteiger partial charge >= 0.3 is 0 Å². The van der Waals surface area contributed by atoms with Crippen molar-refractivity contribution in [1.82, 2.24) is 4.90 Å². The molecule has 0 fully saturated rings. The average molecular weight is 244 g/mol.